The van der Waals surface area contributed by atoms with Crippen molar-refractivity contribution in [3.8, 4) is 0 Å². The summed E-state index contributed by atoms with van der Waals surface area (Å²) in [5, 5.41) is 18.1. The summed E-state index contributed by atoms with van der Waals surface area (Å²) in [7, 11) is 0. The van der Waals surface area contributed by atoms with Crippen molar-refractivity contribution in [3.63, 3.8) is 0 Å². The van der Waals surface area contributed by atoms with Gasteiger partial charge in [-0.2, -0.15) is 0 Å². The molecule has 78 valence electrons. The lowest BCUT2D eigenvalue weighted by Gasteiger charge is -2.01. The maximum absolute atomic E-state index is 10.4. The number of aromatic nitrogens is 2. The van der Waals surface area contributed by atoms with E-state index in [1.807, 2.05) is 12.1 Å². The van der Waals surface area contributed by atoms with Crippen molar-refractivity contribution in [2.75, 3.05) is 0 Å². The molecule has 1 atom stereocenters. The quantitative estimate of drug-likeness (QED) is 0.780. The molecule has 2 heterocycles. The number of fused-ring (bicyclic) bond motifs is 1. The van der Waals surface area contributed by atoms with Crippen LogP contribution in [-0.4, -0.2) is 25.6 Å². The van der Waals surface area contributed by atoms with Crippen LogP contribution in [0.4, 0.5) is 0 Å². The third-order valence-corrected chi connectivity index (χ3v) is 2.09. The van der Waals surface area contributed by atoms with Crippen molar-refractivity contribution in [1.82, 2.24) is 9.38 Å². The van der Waals surface area contributed by atoms with Gasteiger partial charge in [0.25, 0.3) is 0 Å². The third kappa shape index (κ3) is 1.97. The summed E-state index contributed by atoms with van der Waals surface area (Å²) in [6.07, 6.45) is 2.04. The average Bonchev–Trinajstić information content (AvgIpc) is 2.59. The van der Waals surface area contributed by atoms with Gasteiger partial charge in [-0.25, -0.2) is 4.98 Å². The van der Waals surface area contributed by atoms with Crippen molar-refractivity contribution < 1.29 is 15.0 Å². The van der Waals surface area contributed by atoms with Gasteiger partial charge in [0.1, 0.15) is 11.8 Å². The maximum atomic E-state index is 10.4. The highest BCUT2D eigenvalue weighted by molar-refractivity contribution is 5.67. The lowest BCUT2D eigenvalue weighted by Crippen LogP contribution is -2.05. The number of nitrogens with zero attached hydrogens (tertiary/aromatic N) is 2. The zero-order chi connectivity index (χ0) is 10.8. The molecule has 0 aliphatic heterocycles. The van der Waals surface area contributed by atoms with Crippen LogP contribution in [0.5, 0.6) is 0 Å². The van der Waals surface area contributed by atoms with E-state index in [9.17, 15) is 9.90 Å². The molecule has 0 aromatic carbocycles. The number of aliphatic carboxylic acids is 1. The van der Waals surface area contributed by atoms with E-state index in [-0.39, 0.29) is 6.42 Å². The van der Waals surface area contributed by atoms with E-state index < -0.39 is 12.1 Å². The number of carboxylic acids is 1. The molecule has 0 radical (unpaired) electrons. The minimum Gasteiger partial charge on any atom is -0.481 e. The lowest BCUT2D eigenvalue weighted by molar-refractivity contribution is -0.139. The molecule has 5 nitrogen and oxygen atoms in total. The fourth-order valence-electron chi connectivity index (χ4n) is 1.38. The Balaban J connectivity index is 2.32. The van der Waals surface area contributed by atoms with Gasteiger partial charge < -0.3 is 14.6 Å². The van der Waals surface area contributed by atoms with Crippen LogP contribution >= 0.6 is 0 Å². The first-order chi connectivity index (χ1) is 7.16. The highest BCUT2D eigenvalue weighted by atomic mass is 16.4. The van der Waals surface area contributed by atoms with Crippen LogP contribution in [0.1, 0.15) is 18.2 Å². The van der Waals surface area contributed by atoms with E-state index in [0.717, 1.165) is 0 Å². The summed E-state index contributed by atoms with van der Waals surface area (Å²) < 4.78 is 1.74. The fourth-order valence-corrected chi connectivity index (χ4v) is 1.38. The molecule has 0 spiro atoms. The number of hydrogen-bond acceptors (Lipinski definition) is 3. The lowest BCUT2D eigenvalue weighted by atomic mass is 10.2. The molecule has 0 fully saturated rings. The average molecular weight is 206 g/mol. The van der Waals surface area contributed by atoms with Gasteiger partial charge in [-0.3, -0.25) is 4.79 Å². The first-order valence-electron chi connectivity index (χ1n) is 4.50. The predicted octanol–water partition coefficient (Wildman–Crippen LogP) is 0.842. The van der Waals surface area contributed by atoms with Crippen molar-refractivity contribution in [2.45, 2.75) is 12.5 Å². The van der Waals surface area contributed by atoms with E-state index in [0.29, 0.717) is 11.3 Å². The third-order valence-electron chi connectivity index (χ3n) is 2.09. The monoisotopic (exact) mass is 206 g/mol. The van der Waals surface area contributed by atoms with E-state index in [2.05, 4.69) is 4.98 Å². The molecule has 2 aromatic rings. The topological polar surface area (TPSA) is 74.8 Å². The van der Waals surface area contributed by atoms with Crippen LogP contribution in [0.2, 0.25) is 0 Å². The summed E-state index contributed by atoms with van der Waals surface area (Å²) in [6, 6.07) is 5.45. The van der Waals surface area contributed by atoms with Gasteiger partial charge in [0, 0.05) is 12.4 Å². The second-order valence-electron chi connectivity index (χ2n) is 3.25. The van der Waals surface area contributed by atoms with E-state index in [1.165, 1.54) is 0 Å². The number of imidazole rings is 1. The minimum absolute atomic E-state index is 0.329. The van der Waals surface area contributed by atoms with E-state index >= 15 is 0 Å². The van der Waals surface area contributed by atoms with Gasteiger partial charge in [0.15, 0.2) is 0 Å². The Kier molecular flexibility index (Phi) is 2.39. The Morgan fingerprint density at radius 1 is 1.53 bits per heavy atom. The Labute approximate surface area is 85.6 Å². The first-order valence-corrected chi connectivity index (χ1v) is 4.50. The molecular formula is C10H10N2O3. The standard InChI is InChI=1S/C10H10N2O3/c13-8(5-10(14)15)7-6-12-4-2-1-3-9(12)11-7/h1-4,6,8,13H,5H2,(H,14,15)/t8-/m0/s1. The summed E-state index contributed by atoms with van der Waals surface area (Å²) >= 11 is 0. The fraction of sp³-hybridized carbons (Fsp3) is 0.200. The molecule has 2 aromatic heterocycles. The van der Waals surface area contributed by atoms with Gasteiger partial charge in [-0.05, 0) is 12.1 Å². The summed E-state index contributed by atoms with van der Waals surface area (Å²) in [4.78, 5) is 14.5. The molecule has 0 aliphatic rings. The molecule has 0 saturated carbocycles. The van der Waals surface area contributed by atoms with Crippen LogP contribution in [0.3, 0.4) is 0 Å². The highest BCUT2D eigenvalue weighted by Crippen LogP contribution is 2.16. The Bertz CT molecular complexity index is 459. The zero-order valence-corrected chi connectivity index (χ0v) is 7.87. The molecule has 0 saturated heterocycles. The molecule has 2 N–H and O–H groups in total. The van der Waals surface area contributed by atoms with Crippen molar-refractivity contribution in [3.05, 3.63) is 36.3 Å². The van der Waals surface area contributed by atoms with E-state index in [4.69, 9.17) is 5.11 Å². The van der Waals surface area contributed by atoms with Crippen molar-refractivity contribution in [1.29, 1.82) is 0 Å². The van der Waals surface area contributed by atoms with Crippen LogP contribution < -0.4 is 0 Å². The molecule has 0 bridgehead atoms. The van der Waals surface area contributed by atoms with Crippen LogP contribution in [-0.2, 0) is 4.79 Å². The molecule has 0 unspecified atom stereocenters. The van der Waals surface area contributed by atoms with Crippen molar-refractivity contribution in [2.24, 2.45) is 0 Å². The molecule has 0 aliphatic carbocycles. The number of carboxylic acid groups (broad SMARTS) is 1. The Hall–Kier alpha value is -1.88. The van der Waals surface area contributed by atoms with E-state index in [1.54, 1.807) is 22.9 Å². The molecule has 0 amide bonds. The normalized spacial score (nSPS) is 12.9. The second-order valence-corrected chi connectivity index (χ2v) is 3.25. The molecule has 15 heavy (non-hydrogen) atoms. The van der Waals surface area contributed by atoms with Gasteiger partial charge in [-0.1, -0.05) is 6.07 Å². The van der Waals surface area contributed by atoms with Gasteiger partial charge in [0.05, 0.1) is 12.1 Å². The molecule has 2 rings (SSSR count). The SMILES string of the molecule is O=C(O)C[C@H](O)c1cn2ccccc2n1. The zero-order valence-electron chi connectivity index (χ0n) is 7.87. The number of pyridine rings is 1. The number of carbonyl (C=O) groups is 1. The predicted molar refractivity (Wildman–Crippen MR) is 52.4 cm³/mol. The van der Waals surface area contributed by atoms with Gasteiger partial charge in [-0.15, -0.1) is 0 Å². The number of hydrogen-bond donors (Lipinski definition) is 2. The summed E-state index contributed by atoms with van der Waals surface area (Å²) in [6.45, 7) is 0. The Morgan fingerprint density at radius 3 is 3.00 bits per heavy atom. The highest BCUT2D eigenvalue weighted by Gasteiger charge is 2.15. The van der Waals surface area contributed by atoms with Crippen LogP contribution in [0.15, 0.2) is 30.6 Å². The number of aliphatic hydroxyl groups is 1. The number of rotatable bonds is 3. The largest absolute Gasteiger partial charge is 0.481 e. The van der Waals surface area contributed by atoms with Gasteiger partial charge in [0.2, 0.25) is 0 Å². The molecule has 5 heteroatoms. The summed E-state index contributed by atoms with van der Waals surface area (Å²) in [5.74, 6) is -1.04. The smallest absolute Gasteiger partial charge is 0.306 e. The summed E-state index contributed by atoms with van der Waals surface area (Å²) in [5.41, 5.74) is 1.07. The van der Waals surface area contributed by atoms with Crippen LogP contribution in [0.25, 0.3) is 5.65 Å². The Morgan fingerprint density at radius 2 is 2.33 bits per heavy atom. The maximum Gasteiger partial charge on any atom is 0.306 e. The second kappa shape index (κ2) is 3.70. The van der Waals surface area contributed by atoms with Crippen molar-refractivity contribution >= 4 is 11.6 Å². The van der Waals surface area contributed by atoms with Gasteiger partial charge >= 0.3 is 5.97 Å². The number of aliphatic hydroxyl groups excluding tert-OH is 1. The minimum atomic E-state index is -1.05. The molecular weight excluding hydrogens is 196 g/mol. The first kappa shape index (κ1) is 9.67. The van der Waals surface area contributed by atoms with Crippen LogP contribution in [0, 0.1) is 0 Å².